The highest BCUT2D eigenvalue weighted by Crippen LogP contribution is 2.41. The molecule has 28 heavy (non-hydrogen) atoms. The van der Waals surface area contributed by atoms with E-state index in [9.17, 15) is 9.00 Å². The Morgan fingerprint density at radius 2 is 1.89 bits per heavy atom. The van der Waals surface area contributed by atoms with Crippen molar-refractivity contribution < 1.29 is 9.00 Å². The van der Waals surface area contributed by atoms with Crippen molar-refractivity contribution in [2.24, 2.45) is 5.41 Å². The predicted octanol–water partition coefficient (Wildman–Crippen LogP) is 4.56. The molecule has 5 heteroatoms. The average molecular weight is 393 g/mol. The summed E-state index contributed by atoms with van der Waals surface area (Å²) < 4.78 is 12.3. The van der Waals surface area contributed by atoms with Crippen LogP contribution in [0.15, 0.2) is 53.7 Å². The van der Waals surface area contributed by atoms with E-state index in [1.165, 1.54) is 0 Å². The van der Waals surface area contributed by atoms with Crippen molar-refractivity contribution in [2.45, 2.75) is 38.0 Å². The van der Waals surface area contributed by atoms with E-state index in [2.05, 4.69) is 35.9 Å². The molecule has 0 saturated heterocycles. The van der Waals surface area contributed by atoms with Crippen LogP contribution in [0.4, 0.5) is 0 Å². The van der Waals surface area contributed by atoms with Gasteiger partial charge in [0.15, 0.2) is 5.78 Å². The minimum Gasteiger partial charge on any atom is -0.357 e. The molecule has 2 aromatic heterocycles. The summed E-state index contributed by atoms with van der Waals surface area (Å²) in [7, 11) is -1.17. The summed E-state index contributed by atoms with van der Waals surface area (Å²) in [6.07, 6.45) is 7.06. The van der Waals surface area contributed by atoms with E-state index in [-0.39, 0.29) is 11.2 Å². The molecule has 1 unspecified atom stereocenters. The van der Waals surface area contributed by atoms with E-state index in [1.54, 1.807) is 18.6 Å². The van der Waals surface area contributed by atoms with Gasteiger partial charge >= 0.3 is 0 Å². The Kier molecular flexibility index (Phi) is 4.79. The molecule has 1 aliphatic rings. The second kappa shape index (κ2) is 7.13. The van der Waals surface area contributed by atoms with Gasteiger partial charge in [-0.05, 0) is 29.0 Å². The Balaban J connectivity index is 1.94. The Hall–Kier alpha value is -2.53. The lowest BCUT2D eigenvalue weighted by atomic mass is 9.75. The van der Waals surface area contributed by atoms with Crippen molar-refractivity contribution in [1.82, 2.24) is 9.97 Å². The van der Waals surface area contributed by atoms with Gasteiger partial charge in [-0.25, -0.2) is 0 Å². The van der Waals surface area contributed by atoms with Crippen molar-refractivity contribution in [2.75, 3.05) is 6.26 Å². The maximum absolute atomic E-state index is 13.1. The fourth-order valence-corrected chi connectivity index (χ4v) is 4.84. The summed E-state index contributed by atoms with van der Waals surface area (Å²) in [6.45, 7) is 4.26. The molecule has 0 amide bonds. The molecule has 0 aliphatic heterocycles. The van der Waals surface area contributed by atoms with E-state index >= 15 is 0 Å². The number of H-pyrrole nitrogens is 1. The van der Waals surface area contributed by atoms with Crippen LogP contribution < -0.4 is 0 Å². The van der Waals surface area contributed by atoms with Crippen LogP contribution in [0.1, 0.15) is 47.4 Å². The van der Waals surface area contributed by atoms with Gasteiger partial charge in [-0.2, -0.15) is 0 Å². The van der Waals surface area contributed by atoms with Crippen molar-refractivity contribution in [3.63, 3.8) is 0 Å². The number of hydrogen-bond acceptors (Lipinski definition) is 3. The first-order valence-corrected chi connectivity index (χ1v) is 11.0. The smallest absolute Gasteiger partial charge is 0.165 e. The van der Waals surface area contributed by atoms with Gasteiger partial charge in [0.2, 0.25) is 0 Å². The lowest BCUT2D eigenvalue weighted by molar-refractivity contribution is 0.0911. The van der Waals surface area contributed by atoms with E-state index < -0.39 is 10.8 Å². The number of Topliss-reactive ketones (excluding diaryl/α,β-unsaturated/α-hetero) is 1. The molecule has 1 N–H and O–H groups in total. The van der Waals surface area contributed by atoms with Gasteiger partial charge in [-0.3, -0.25) is 14.0 Å². The number of aromatic amines is 1. The first kappa shape index (κ1) is 18.8. The van der Waals surface area contributed by atoms with Crippen LogP contribution in [0, 0.1) is 5.41 Å². The molecule has 1 aliphatic carbocycles. The number of ketones is 1. The monoisotopic (exact) mass is 392 g/mol. The standard InChI is InChI=1S/C23H24N2O2S/c1-23(2)12-18-21(19(26)13-23)17(11-15-7-5-4-6-8-15)22(25-18)16-9-10-24-14-20(16)28(3)27/h4-10,14,25H,11-13H2,1-3H3. The van der Waals surface area contributed by atoms with E-state index in [4.69, 9.17) is 0 Å². The number of pyridine rings is 1. The van der Waals surface area contributed by atoms with Gasteiger partial charge in [-0.1, -0.05) is 44.2 Å². The third-order valence-electron chi connectivity index (χ3n) is 5.34. The Bertz CT molecular complexity index is 1070. The highest BCUT2D eigenvalue weighted by molar-refractivity contribution is 7.84. The number of benzene rings is 1. The number of aromatic nitrogens is 2. The molecule has 0 spiro atoms. The topological polar surface area (TPSA) is 62.8 Å². The van der Waals surface area contributed by atoms with Crippen molar-refractivity contribution in [3.8, 4) is 11.3 Å². The first-order valence-electron chi connectivity index (χ1n) is 9.44. The molecule has 0 bridgehead atoms. The molecule has 1 atom stereocenters. The minimum atomic E-state index is -1.17. The fraction of sp³-hybridized carbons (Fsp3) is 0.304. The molecule has 1 aromatic carbocycles. The lowest BCUT2D eigenvalue weighted by Gasteiger charge is -2.28. The summed E-state index contributed by atoms with van der Waals surface area (Å²) >= 11 is 0. The molecule has 0 fully saturated rings. The molecular formula is C23H24N2O2S. The van der Waals surface area contributed by atoms with E-state index in [0.29, 0.717) is 17.7 Å². The van der Waals surface area contributed by atoms with Crippen LogP contribution in [-0.2, 0) is 23.6 Å². The van der Waals surface area contributed by atoms with Gasteiger partial charge < -0.3 is 4.98 Å². The summed E-state index contributed by atoms with van der Waals surface area (Å²) in [5.41, 5.74) is 5.66. The molecular weight excluding hydrogens is 368 g/mol. The number of hydrogen-bond donors (Lipinski definition) is 1. The SMILES string of the molecule is CS(=O)c1cnccc1-c1[nH]c2c(c1Cc1ccccc1)C(=O)CC(C)(C)C2. The zero-order valence-corrected chi connectivity index (χ0v) is 17.2. The van der Waals surface area contributed by atoms with E-state index in [0.717, 1.165) is 40.1 Å². The average Bonchev–Trinajstić information content (AvgIpc) is 2.99. The van der Waals surface area contributed by atoms with Crippen LogP contribution in [-0.4, -0.2) is 26.2 Å². The number of carbonyl (C=O) groups excluding carboxylic acids is 1. The molecule has 4 nitrogen and oxygen atoms in total. The zero-order valence-electron chi connectivity index (χ0n) is 16.4. The van der Waals surface area contributed by atoms with Gasteiger partial charge in [-0.15, -0.1) is 0 Å². The highest BCUT2D eigenvalue weighted by Gasteiger charge is 2.35. The van der Waals surface area contributed by atoms with E-state index in [1.807, 2.05) is 24.3 Å². The highest BCUT2D eigenvalue weighted by atomic mass is 32.2. The lowest BCUT2D eigenvalue weighted by Crippen LogP contribution is -2.27. The van der Waals surface area contributed by atoms with Crippen LogP contribution in [0.25, 0.3) is 11.3 Å². The summed E-state index contributed by atoms with van der Waals surface area (Å²) in [5.74, 6) is 0.188. The number of fused-ring (bicyclic) bond motifs is 1. The van der Waals surface area contributed by atoms with Crippen LogP contribution in [0.2, 0.25) is 0 Å². The summed E-state index contributed by atoms with van der Waals surface area (Å²) in [6, 6.07) is 12.1. The third-order valence-corrected chi connectivity index (χ3v) is 6.29. The molecule has 144 valence electrons. The fourth-order valence-electron chi connectivity index (χ4n) is 4.15. The van der Waals surface area contributed by atoms with Gasteiger partial charge in [0, 0.05) is 48.3 Å². The minimum absolute atomic E-state index is 0.0646. The molecule has 4 rings (SSSR count). The second-order valence-electron chi connectivity index (χ2n) is 8.26. The van der Waals surface area contributed by atoms with Crippen LogP contribution in [0.3, 0.4) is 0 Å². The molecule has 3 aromatic rings. The predicted molar refractivity (Wildman–Crippen MR) is 112 cm³/mol. The molecule has 0 radical (unpaired) electrons. The number of rotatable bonds is 4. The molecule has 2 heterocycles. The number of nitrogens with one attached hydrogen (secondary N) is 1. The summed E-state index contributed by atoms with van der Waals surface area (Å²) in [4.78, 5) is 21.5. The van der Waals surface area contributed by atoms with Gasteiger partial charge in [0.05, 0.1) is 21.4 Å². The van der Waals surface area contributed by atoms with Crippen molar-refractivity contribution in [3.05, 3.63) is 71.2 Å². The van der Waals surface area contributed by atoms with Crippen molar-refractivity contribution >= 4 is 16.6 Å². The number of nitrogens with zero attached hydrogens (tertiary/aromatic N) is 1. The van der Waals surface area contributed by atoms with Crippen LogP contribution >= 0.6 is 0 Å². The quantitative estimate of drug-likeness (QED) is 0.708. The Morgan fingerprint density at radius 1 is 1.14 bits per heavy atom. The van der Waals surface area contributed by atoms with Gasteiger partial charge in [0.1, 0.15) is 0 Å². The maximum Gasteiger partial charge on any atom is 0.165 e. The van der Waals surface area contributed by atoms with Gasteiger partial charge in [0.25, 0.3) is 0 Å². The normalized spacial score (nSPS) is 16.6. The zero-order chi connectivity index (χ0) is 19.9. The second-order valence-corrected chi connectivity index (χ2v) is 9.61. The molecule has 0 saturated carbocycles. The third kappa shape index (κ3) is 3.47. The van der Waals surface area contributed by atoms with Crippen molar-refractivity contribution in [1.29, 1.82) is 0 Å². The maximum atomic E-state index is 13.1. The number of carbonyl (C=O) groups is 1. The Morgan fingerprint density at radius 3 is 2.61 bits per heavy atom. The summed E-state index contributed by atoms with van der Waals surface area (Å²) in [5, 5.41) is 0. The Labute approximate surface area is 167 Å². The largest absolute Gasteiger partial charge is 0.357 e. The first-order chi connectivity index (χ1) is 13.4. The van der Waals surface area contributed by atoms with Crippen LogP contribution in [0.5, 0.6) is 0 Å².